The van der Waals surface area contributed by atoms with E-state index in [4.69, 9.17) is 4.74 Å². The molecule has 1 aromatic rings. The Morgan fingerprint density at radius 3 is 2.53 bits per heavy atom. The van der Waals surface area contributed by atoms with Gasteiger partial charge in [-0.2, -0.15) is 0 Å². The molecule has 0 heterocycles. The van der Waals surface area contributed by atoms with Gasteiger partial charge in [-0.15, -0.1) is 0 Å². The minimum atomic E-state index is -0.816. The van der Waals surface area contributed by atoms with E-state index in [1.165, 1.54) is 7.11 Å². The standard InChI is InChI=1S/C10H9FO4/c1-14-9-4-7(10(13)15-2)8(11)3-6(9)5-12/h3-5H,1-2H3. The first-order valence-electron chi connectivity index (χ1n) is 4.05. The predicted octanol–water partition coefficient (Wildman–Crippen LogP) is 1.43. The highest BCUT2D eigenvalue weighted by Crippen LogP contribution is 2.21. The van der Waals surface area contributed by atoms with Gasteiger partial charge in [0.2, 0.25) is 0 Å². The van der Waals surface area contributed by atoms with Crippen molar-refractivity contribution in [1.29, 1.82) is 0 Å². The number of carbonyl (C=O) groups excluding carboxylic acids is 2. The molecule has 5 heteroatoms. The fourth-order valence-electron chi connectivity index (χ4n) is 1.10. The van der Waals surface area contributed by atoms with Crippen LogP contribution in [0.5, 0.6) is 5.75 Å². The molecule has 1 aromatic carbocycles. The highest BCUT2D eigenvalue weighted by Gasteiger charge is 2.16. The molecule has 0 N–H and O–H groups in total. The lowest BCUT2D eigenvalue weighted by atomic mass is 10.1. The molecular formula is C10H9FO4. The number of methoxy groups -OCH3 is 2. The molecule has 0 aromatic heterocycles. The summed E-state index contributed by atoms with van der Waals surface area (Å²) in [5.74, 6) is -1.50. The fraction of sp³-hybridized carbons (Fsp3) is 0.200. The van der Waals surface area contributed by atoms with Gasteiger partial charge in [0, 0.05) is 0 Å². The zero-order valence-corrected chi connectivity index (χ0v) is 8.24. The van der Waals surface area contributed by atoms with E-state index in [-0.39, 0.29) is 16.9 Å². The molecule has 0 saturated carbocycles. The Bertz CT molecular complexity index is 401. The van der Waals surface area contributed by atoms with Crippen LogP contribution in [0.3, 0.4) is 0 Å². The van der Waals surface area contributed by atoms with Crippen molar-refractivity contribution < 1.29 is 23.5 Å². The number of halogens is 1. The number of hydrogen-bond acceptors (Lipinski definition) is 4. The number of esters is 1. The average Bonchev–Trinajstić information content (AvgIpc) is 2.27. The van der Waals surface area contributed by atoms with Crippen LogP contribution < -0.4 is 4.74 Å². The summed E-state index contributed by atoms with van der Waals surface area (Å²) >= 11 is 0. The SMILES string of the molecule is COC(=O)c1cc(OC)c(C=O)cc1F. The van der Waals surface area contributed by atoms with Crippen LogP contribution >= 0.6 is 0 Å². The molecule has 0 aliphatic carbocycles. The van der Waals surface area contributed by atoms with Crippen LogP contribution in [-0.4, -0.2) is 26.5 Å². The largest absolute Gasteiger partial charge is 0.496 e. The first kappa shape index (κ1) is 11.2. The molecule has 0 fully saturated rings. The summed E-state index contributed by atoms with van der Waals surface area (Å²) in [6.45, 7) is 0. The second kappa shape index (κ2) is 4.54. The first-order valence-corrected chi connectivity index (χ1v) is 4.05. The third-order valence-corrected chi connectivity index (χ3v) is 1.85. The number of rotatable bonds is 3. The zero-order chi connectivity index (χ0) is 11.4. The lowest BCUT2D eigenvalue weighted by Crippen LogP contribution is -2.06. The van der Waals surface area contributed by atoms with Gasteiger partial charge in [0.05, 0.1) is 25.3 Å². The fourth-order valence-corrected chi connectivity index (χ4v) is 1.10. The minimum absolute atomic E-state index is 0.0441. The third kappa shape index (κ3) is 2.12. The molecule has 0 atom stereocenters. The smallest absolute Gasteiger partial charge is 0.340 e. The van der Waals surface area contributed by atoms with Crippen molar-refractivity contribution in [1.82, 2.24) is 0 Å². The van der Waals surface area contributed by atoms with Gasteiger partial charge in [-0.3, -0.25) is 4.79 Å². The van der Waals surface area contributed by atoms with Crippen molar-refractivity contribution in [2.24, 2.45) is 0 Å². The molecule has 0 aliphatic rings. The minimum Gasteiger partial charge on any atom is -0.496 e. The van der Waals surface area contributed by atoms with Gasteiger partial charge in [-0.05, 0) is 12.1 Å². The van der Waals surface area contributed by atoms with Gasteiger partial charge >= 0.3 is 5.97 Å². The molecule has 80 valence electrons. The summed E-state index contributed by atoms with van der Waals surface area (Å²) in [4.78, 5) is 21.6. The Balaban J connectivity index is 3.31. The van der Waals surface area contributed by atoms with Crippen LogP contribution in [0.1, 0.15) is 20.7 Å². The van der Waals surface area contributed by atoms with E-state index in [2.05, 4.69) is 4.74 Å². The van der Waals surface area contributed by atoms with Crippen LogP contribution in [-0.2, 0) is 4.74 Å². The summed E-state index contributed by atoms with van der Waals surface area (Å²) < 4.78 is 22.5. The van der Waals surface area contributed by atoms with Gasteiger partial charge in [0.15, 0.2) is 6.29 Å². The van der Waals surface area contributed by atoms with Crippen molar-refractivity contribution in [2.75, 3.05) is 14.2 Å². The van der Waals surface area contributed by atoms with Crippen LogP contribution in [0.2, 0.25) is 0 Å². The van der Waals surface area contributed by atoms with Crippen molar-refractivity contribution in [3.05, 3.63) is 29.1 Å². The number of hydrogen-bond donors (Lipinski definition) is 0. The third-order valence-electron chi connectivity index (χ3n) is 1.85. The van der Waals surface area contributed by atoms with Crippen LogP contribution in [0.15, 0.2) is 12.1 Å². The molecule has 0 aliphatic heterocycles. The molecule has 4 nitrogen and oxygen atoms in total. The predicted molar refractivity (Wildman–Crippen MR) is 49.7 cm³/mol. The molecule has 0 unspecified atom stereocenters. The van der Waals surface area contributed by atoms with E-state index in [0.29, 0.717) is 6.29 Å². The van der Waals surface area contributed by atoms with E-state index < -0.39 is 11.8 Å². The van der Waals surface area contributed by atoms with E-state index in [1.54, 1.807) is 0 Å². The molecule has 0 saturated heterocycles. The Labute approximate surface area is 85.6 Å². The first-order chi connectivity index (χ1) is 7.13. The molecule has 0 amide bonds. The summed E-state index contributed by atoms with van der Waals surface area (Å²) in [6, 6.07) is 2.06. The summed E-state index contributed by atoms with van der Waals surface area (Å²) in [7, 11) is 2.46. The Morgan fingerprint density at radius 2 is 2.07 bits per heavy atom. The lowest BCUT2D eigenvalue weighted by Gasteiger charge is -2.06. The van der Waals surface area contributed by atoms with Crippen molar-refractivity contribution >= 4 is 12.3 Å². The number of aldehydes is 1. The van der Waals surface area contributed by atoms with Crippen LogP contribution in [0, 0.1) is 5.82 Å². The Kier molecular flexibility index (Phi) is 3.38. The molecule has 1 rings (SSSR count). The maximum atomic E-state index is 13.3. The maximum Gasteiger partial charge on any atom is 0.340 e. The van der Waals surface area contributed by atoms with E-state index >= 15 is 0 Å². The number of benzene rings is 1. The van der Waals surface area contributed by atoms with Gasteiger partial charge in [0.1, 0.15) is 11.6 Å². The van der Waals surface area contributed by atoms with Crippen molar-refractivity contribution in [3.63, 3.8) is 0 Å². The second-order valence-corrected chi connectivity index (χ2v) is 2.68. The van der Waals surface area contributed by atoms with Crippen LogP contribution in [0.4, 0.5) is 4.39 Å². The number of carbonyl (C=O) groups is 2. The van der Waals surface area contributed by atoms with Gasteiger partial charge in [0.25, 0.3) is 0 Å². The molecule has 0 spiro atoms. The topological polar surface area (TPSA) is 52.6 Å². The van der Waals surface area contributed by atoms with Crippen molar-refractivity contribution in [3.8, 4) is 5.75 Å². The van der Waals surface area contributed by atoms with E-state index in [9.17, 15) is 14.0 Å². The monoisotopic (exact) mass is 212 g/mol. The van der Waals surface area contributed by atoms with Gasteiger partial charge in [-0.25, -0.2) is 9.18 Å². The lowest BCUT2D eigenvalue weighted by molar-refractivity contribution is 0.0594. The Morgan fingerprint density at radius 1 is 1.40 bits per heavy atom. The van der Waals surface area contributed by atoms with Gasteiger partial charge in [-0.1, -0.05) is 0 Å². The van der Waals surface area contributed by atoms with E-state index in [1.807, 2.05) is 0 Å². The molecule has 15 heavy (non-hydrogen) atoms. The highest BCUT2D eigenvalue weighted by molar-refractivity contribution is 5.92. The quantitative estimate of drug-likeness (QED) is 0.561. The van der Waals surface area contributed by atoms with Crippen LogP contribution in [0.25, 0.3) is 0 Å². The van der Waals surface area contributed by atoms with Crippen molar-refractivity contribution in [2.45, 2.75) is 0 Å². The number of ether oxygens (including phenoxy) is 2. The summed E-state index contributed by atoms with van der Waals surface area (Å²) in [5.41, 5.74) is -0.220. The Hall–Kier alpha value is -1.91. The zero-order valence-electron chi connectivity index (χ0n) is 8.24. The summed E-state index contributed by atoms with van der Waals surface area (Å²) in [5, 5.41) is 0. The highest BCUT2D eigenvalue weighted by atomic mass is 19.1. The van der Waals surface area contributed by atoms with E-state index in [0.717, 1.165) is 19.2 Å². The molecule has 0 radical (unpaired) electrons. The normalized spacial score (nSPS) is 9.53. The molecule has 0 bridgehead atoms. The van der Waals surface area contributed by atoms with Gasteiger partial charge < -0.3 is 9.47 Å². The summed E-state index contributed by atoms with van der Waals surface area (Å²) in [6.07, 6.45) is 0.447. The second-order valence-electron chi connectivity index (χ2n) is 2.68. The molecular weight excluding hydrogens is 203 g/mol. The maximum absolute atomic E-state index is 13.3. The average molecular weight is 212 g/mol.